The summed E-state index contributed by atoms with van der Waals surface area (Å²) in [6.45, 7) is 1.99. The predicted molar refractivity (Wildman–Crippen MR) is 95.7 cm³/mol. The Bertz CT molecular complexity index is 906. The molecule has 0 spiro atoms. The predicted octanol–water partition coefficient (Wildman–Crippen LogP) is 3.56. The van der Waals surface area contributed by atoms with Crippen LogP contribution in [0.3, 0.4) is 0 Å². The van der Waals surface area contributed by atoms with Gasteiger partial charge in [-0.3, -0.25) is 4.98 Å². The van der Waals surface area contributed by atoms with Gasteiger partial charge in [0, 0.05) is 24.2 Å². The molecular weight excluding hydrogens is 300 g/mol. The summed E-state index contributed by atoms with van der Waals surface area (Å²) < 4.78 is 10.9. The van der Waals surface area contributed by atoms with E-state index >= 15 is 0 Å². The molecule has 0 fully saturated rings. The summed E-state index contributed by atoms with van der Waals surface area (Å²) in [7, 11) is 3.30. The molecule has 0 saturated carbocycles. The molecule has 0 bridgehead atoms. The number of rotatable bonds is 3. The lowest BCUT2D eigenvalue weighted by molar-refractivity contribution is 0.356. The molecule has 0 aliphatic carbocycles. The third kappa shape index (κ3) is 2.49. The second kappa shape index (κ2) is 6.13. The minimum Gasteiger partial charge on any atom is -0.493 e. The van der Waals surface area contributed by atoms with Crippen LogP contribution in [0.1, 0.15) is 11.1 Å². The number of benzene rings is 2. The summed E-state index contributed by atoms with van der Waals surface area (Å²) >= 11 is 0. The Labute approximate surface area is 141 Å². The lowest BCUT2D eigenvalue weighted by Crippen LogP contribution is -2.23. The highest BCUT2D eigenvalue weighted by molar-refractivity contribution is 5.96. The minimum atomic E-state index is 0.698. The van der Waals surface area contributed by atoms with Gasteiger partial charge in [0.15, 0.2) is 11.5 Å². The second-order valence-electron chi connectivity index (χ2n) is 5.99. The molecule has 1 N–H and O–H groups in total. The first-order valence-corrected chi connectivity index (χ1v) is 8.14. The van der Waals surface area contributed by atoms with Gasteiger partial charge in [-0.2, -0.15) is 0 Å². The molecule has 0 unspecified atom stereocenters. The van der Waals surface area contributed by atoms with Gasteiger partial charge in [-0.15, -0.1) is 0 Å². The van der Waals surface area contributed by atoms with Gasteiger partial charge in [-0.25, -0.2) is 0 Å². The van der Waals surface area contributed by atoms with E-state index in [1.807, 2.05) is 18.3 Å². The highest BCUT2D eigenvalue weighted by Crippen LogP contribution is 2.36. The van der Waals surface area contributed by atoms with Crippen molar-refractivity contribution in [2.45, 2.75) is 13.0 Å². The van der Waals surface area contributed by atoms with Crippen LogP contribution in [-0.2, 0) is 13.0 Å². The number of aromatic nitrogens is 1. The maximum atomic E-state index is 5.46. The molecule has 4 rings (SSSR count). The average molecular weight is 320 g/mol. The molecule has 3 aromatic rings. The number of nitrogens with one attached hydrogen (secondary N) is 1. The molecule has 4 heteroatoms. The molecule has 2 heterocycles. The Balaban J connectivity index is 1.90. The fourth-order valence-corrected chi connectivity index (χ4v) is 3.37. The van der Waals surface area contributed by atoms with E-state index in [1.54, 1.807) is 14.2 Å². The summed E-state index contributed by atoms with van der Waals surface area (Å²) in [5, 5.41) is 4.51. The van der Waals surface area contributed by atoms with E-state index in [1.165, 1.54) is 16.7 Å². The third-order valence-electron chi connectivity index (χ3n) is 4.65. The van der Waals surface area contributed by atoms with Gasteiger partial charge in [0.2, 0.25) is 0 Å². The molecule has 24 heavy (non-hydrogen) atoms. The van der Waals surface area contributed by atoms with Gasteiger partial charge < -0.3 is 14.8 Å². The first-order chi connectivity index (χ1) is 11.8. The summed E-state index contributed by atoms with van der Waals surface area (Å²) in [5.74, 6) is 1.42. The van der Waals surface area contributed by atoms with Crippen molar-refractivity contribution in [3.8, 4) is 22.6 Å². The zero-order valence-electron chi connectivity index (χ0n) is 13.9. The largest absolute Gasteiger partial charge is 0.493 e. The number of fused-ring (bicyclic) bond motifs is 2. The standard InChI is InChI=1S/C20H20N2O2/c1-23-19-10-17-16(6-8-22-18(17)11-20(19)24-2)14-4-3-13-5-7-21-12-15(13)9-14/h3-4,6,8-11,21H,5,7,12H2,1-2H3. The van der Waals surface area contributed by atoms with Crippen LogP contribution >= 0.6 is 0 Å². The van der Waals surface area contributed by atoms with Crippen molar-refractivity contribution in [1.82, 2.24) is 10.3 Å². The number of methoxy groups -OCH3 is 2. The molecule has 1 aromatic heterocycles. The van der Waals surface area contributed by atoms with E-state index in [9.17, 15) is 0 Å². The molecule has 0 atom stereocenters. The number of hydrogen-bond acceptors (Lipinski definition) is 4. The van der Waals surface area contributed by atoms with Gasteiger partial charge in [0.05, 0.1) is 19.7 Å². The molecule has 2 aromatic carbocycles. The highest BCUT2D eigenvalue weighted by atomic mass is 16.5. The Morgan fingerprint density at radius 1 is 0.958 bits per heavy atom. The van der Waals surface area contributed by atoms with Gasteiger partial charge in [-0.05, 0) is 53.4 Å². The van der Waals surface area contributed by atoms with Crippen LogP contribution in [0.25, 0.3) is 22.0 Å². The molecular formula is C20H20N2O2. The van der Waals surface area contributed by atoms with Crippen LogP contribution in [0.5, 0.6) is 11.5 Å². The first kappa shape index (κ1) is 15.0. The van der Waals surface area contributed by atoms with Crippen molar-refractivity contribution in [2.75, 3.05) is 20.8 Å². The Morgan fingerprint density at radius 2 is 1.79 bits per heavy atom. The van der Waals surface area contributed by atoms with Crippen LogP contribution in [0.4, 0.5) is 0 Å². The first-order valence-electron chi connectivity index (χ1n) is 8.14. The van der Waals surface area contributed by atoms with Crippen molar-refractivity contribution in [1.29, 1.82) is 0 Å². The van der Waals surface area contributed by atoms with Gasteiger partial charge in [0.25, 0.3) is 0 Å². The maximum Gasteiger partial charge on any atom is 0.162 e. The van der Waals surface area contributed by atoms with Crippen molar-refractivity contribution < 1.29 is 9.47 Å². The Hall–Kier alpha value is -2.59. The SMILES string of the molecule is COc1cc2nccc(-c3ccc4c(c3)CNCC4)c2cc1OC. The Morgan fingerprint density at radius 3 is 2.62 bits per heavy atom. The average Bonchev–Trinajstić information content (AvgIpc) is 2.65. The van der Waals surface area contributed by atoms with Crippen molar-refractivity contribution >= 4 is 10.9 Å². The number of nitrogens with zero attached hydrogens (tertiary/aromatic N) is 1. The summed E-state index contributed by atoms with van der Waals surface area (Å²) in [5.41, 5.74) is 6.09. The zero-order valence-corrected chi connectivity index (χ0v) is 13.9. The summed E-state index contributed by atoms with van der Waals surface area (Å²) in [6.07, 6.45) is 2.94. The van der Waals surface area contributed by atoms with E-state index in [2.05, 4.69) is 34.6 Å². The van der Waals surface area contributed by atoms with E-state index < -0.39 is 0 Å². The number of ether oxygens (including phenoxy) is 2. The normalized spacial score (nSPS) is 13.6. The highest BCUT2D eigenvalue weighted by Gasteiger charge is 2.13. The van der Waals surface area contributed by atoms with E-state index in [4.69, 9.17) is 9.47 Å². The maximum absolute atomic E-state index is 5.46. The molecule has 122 valence electrons. The molecule has 1 aliphatic rings. The monoisotopic (exact) mass is 320 g/mol. The summed E-state index contributed by atoms with van der Waals surface area (Å²) in [6, 6.07) is 12.7. The molecule has 0 amide bonds. The molecule has 0 radical (unpaired) electrons. The fourth-order valence-electron chi connectivity index (χ4n) is 3.37. The molecule has 4 nitrogen and oxygen atoms in total. The minimum absolute atomic E-state index is 0.698. The van der Waals surface area contributed by atoms with Gasteiger partial charge >= 0.3 is 0 Å². The Kier molecular flexibility index (Phi) is 3.82. The van der Waals surface area contributed by atoms with Crippen molar-refractivity contribution in [3.63, 3.8) is 0 Å². The zero-order chi connectivity index (χ0) is 16.5. The fraction of sp³-hybridized carbons (Fsp3) is 0.250. The quantitative estimate of drug-likeness (QED) is 0.801. The third-order valence-corrected chi connectivity index (χ3v) is 4.65. The van der Waals surface area contributed by atoms with Gasteiger partial charge in [0.1, 0.15) is 0 Å². The van der Waals surface area contributed by atoms with E-state index in [0.717, 1.165) is 41.7 Å². The molecule has 0 saturated heterocycles. The van der Waals surface area contributed by atoms with Crippen molar-refractivity contribution in [3.05, 3.63) is 53.7 Å². The van der Waals surface area contributed by atoms with Crippen LogP contribution in [-0.4, -0.2) is 25.7 Å². The topological polar surface area (TPSA) is 43.4 Å². The van der Waals surface area contributed by atoms with E-state index in [0.29, 0.717) is 5.75 Å². The lowest BCUT2D eigenvalue weighted by atomic mass is 9.94. The summed E-state index contributed by atoms with van der Waals surface area (Å²) in [4.78, 5) is 4.49. The van der Waals surface area contributed by atoms with Crippen LogP contribution in [0.15, 0.2) is 42.6 Å². The van der Waals surface area contributed by atoms with Crippen molar-refractivity contribution in [2.24, 2.45) is 0 Å². The number of pyridine rings is 1. The number of hydrogen-bond donors (Lipinski definition) is 1. The second-order valence-corrected chi connectivity index (χ2v) is 5.99. The van der Waals surface area contributed by atoms with Gasteiger partial charge in [-0.1, -0.05) is 12.1 Å². The van der Waals surface area contributed by atoms with Crippen LogP contribution in [0, 0.1) is 0 Å². The van der Waals surface area contributed by atoms with Crippen LogP contribution in [0.2, 0.25) is 0 Å². The smallest absolute Gasteiger partial charge is 0.162 e. The lowest BCUT2D eigenvalue weighted by Gasteiger charge is -2.18. The molecule has 1 aliphatic heterocycles. The van der Waals surface area contributed by atoms with E-state index in [-0.39, 0.29) is 0 Å². The van der Waals surface area contributed by atoms with Crippen LogP contribution < -0.4 is 14.8 Å².